The van der Waals surface area contributed by atoms with Gasteiger partial charge in [-0.15, -0.1) is 0 Å². The van der Waals surface area contributed by atoms with E-state index in [0.717, 1.165) is 38.8 Å². The van der Waals surface area contributed by atoms with Crippen LogP contribution in [0.3, 0.4) is 0 Å². The molecule has 2 saturated heterocycles. The SMILES string of the molecule is CC(C)C(=O)N[C@@H]1CCCN(C(=O)[C@@H]2CCCN(c3ncccn3)C2)C1. The number of carbonyl (C=O) groups excluding carboxylic acids is 2. The minimum absolute atomic E-state index is 0.0212. The normalized spacial score (nSPS) is 23.8. The number of carbonyl (C=O) groups is 2. The number of nitrogens with zero attached hydrogens (tertiary/aromatic N) is 4. The van der Waals surface area contributed by atoms with Crippen LogP contribution in [0.4, 0.5) is 5.95 Å². The molecule has 1 aromatic rings. The van der Waals surface area contributed by atoms with E-state index in [1.54, 1.807) is 18.5 Å². The molecule has 1 aromatic heterocycles. The van der Waals surface area contributed by atoms with Gasteiger partial charge in [0.1, 0.15) is 0 Å². The summed E-state index contributed by atoms with van der Waals surface area (Å²) in [7, 11) is 0. The lowest BCUT2D eigenvalue weighted by Crippen LogP contribution is -2.53. The molecule has 7 heteroatoms. The molecule has 0 saturated carbocycles. The maximum Gasteiger partial charge on any atom is 0.227 e. The third-order valence-corrected chi connectivity index (χ3v) is 5.21. The number of rotatable bonds is 4. The number of piperidine rings is 2. The highest BCUT2D eigenvalue weighted by Gasteiger charge is 2.33. The summed E-state index contributed by atoms with van der Waals surface area (Å²) in [6.45, 7) is 6.75. The molecule has 0 radical (unpaired) electrons. The van der Waals surface area contributed by atoms with E-state index in [4.69, 9.17) is 0 Å². The highest BCUT2D eigenvalue weighted by Crippen LogP contribution is 2.23. The van der Waals surface area contributed by atoms with Crippen molar-refractivity contribution in [2.75, 3.05) is 31.1 Å². The van der Waals surface area contributed by atoms with Crippen molar-refractivity contribution in [1.82, 2.24) is 20.2 Å². The van der Waals surface area contributed by atoms with E-state index in [9.17, 15) is 9.59 Å². The molecular formula is C19H29N5O2. The standard InChI is InChI=1S/C19H29N5O2/c1-14(2)17(25)22-16-7-4-10-23(13-16)18(26)15-6-3-11-24(12-15)19-20-8-5-9-21-19/h5,8-9,14-16H,3-4,6-7,10-13H2,1-2H3,(H,22,25)/t15-,16-/m1/s1. The van der Waals surface area contributed by atoms with Gasteiger partial charge in [0, 0.05) is 50.5 Å². The molecule has 3 rings (SSSR count). The van der Waals surface area contributed by atoms with Crippen molar-refractivity contribution >= 4 is 17.8 Å². The van der Waals surface area contributed by atoms with Crippen molar-refractivity contribution < 1.29 is 9.59 Å². The van der Waals surface area contributed by atoms with Crippen LogP contribution in [-0.4, -0.2) is 58.9 Å². The van der Waals surface area contributed by atoms with Gasteiger partial charge in [0.2, 0.25) is 17.8 Å². The molecular weight excluding hydrogens is 330 g/mol. The van der Waals surface area contributed by atoms with Crippen LogP contribution in [0.2, 0.25) is 0 Å². The Morgan fingerprint density at radius 2 is 1.85 bits per heavy atom. The zero-order chi connectivity index (χ0) is 18.5. The van der Waals surface area contributed by atoms with Gasteiger partial charge in [0.25, 0.3) is 0 Å². The van der Waals surface area contributed by atoms with Crippen LogP contribution in [0.1, 0.15) is 39.5 Å². The Labute approximate surface area is 155 Å². The fourth-order valence-electron chi connectivity index (χ4n) is 3.74. The molecule has 2 atom stereocenters. The van der Waals surface area contributed by atoms with E-state index in [1.165, 1.54) is 0 Å². The van der Waals surface area contributed by atoms with Crippen LogP contribution < -0.4 is 10.2 Å². The topological polar surface area (TPSA) is 78.4 Å². The fraction of sp³-hybridized carbons (Fsp3) is 0.684. The summed E-state index contributed by atoms with van der Waals surface area (Å²) in [5.41, 5.74) is 0. The second-order valence-electron chi connectivity index (χ2n) is 7.62. The Bertz CT molecular complexity index is 622. The average molecular weight is 359 g/mol. The van der Waals surface area contributed by atoms with Gasteiger partial charge in [0.15, 0.2) is 0 Å². The summed E-state index contributed by atoms with van der Waals surface area (Å²) in [5, 5.41) is 3.08. The Hall–Kier alpha value is -2.18. The summed E-state index contributed by atoms with van der Waals surface area (Å²) in [5.74, 6) is 0.917. The van der Waals surface area contributed by atoms with Gasteiger partial charge in [-0.05, 0) is 31.7 Å². The van der Waals surface area contributed by atoms with Crippen LogP contribution in [0.15, 0.2) is 18.5 Å². The maximum atomic E-state index is 13.0. The number of aromatic nitrogens is 2. The van der Waals surface area contributed by atoms with Crippen molar-refractivity contribution in [3.8, 4) is 0 Å². The van der Waals surface area contributed by atoms with Crippen LogP contribution >= 0.6 is 0 Å². The Kier molecular flexibility index (Phi) is 6.06. The molecule has 2 aliphatic rings. The maximum absolute atomic E-state index is 13.0. The van der Waals surface area contributed by atoms with Gasteiger partial charge in [-0.25, -0.2) is 9.97 Å². The second-order valence-corrected chi connectivity index (χ2v) is 7.62. The Morgan fingerprint density at radius 1 is 1.12 bits per heavy atom. The zero-order valence-electron chi connectivity index (χ0n) is 15.7. The predicted molar refractivity (Wildman–Crippen MR) is 99.6 cm³/mol. The van der Waals surface area contributed by atoms with Crippen LogP contribution in [0.25, 0.3) is 0 Å². The van der Waals surface area contributed by atoms with E-state index in [1.807, 2.05) is 18.7 Å². The quantitative estimate of drug-likeness (QED) is 0.880. The van der Waals surface area contributed by atoms with Gasteiger partial charge in [-0.1, -0.05) is 13.8 Å². The molecule has 0 aromatic carbocycles. The molecule has 26 heavy (non-hydrogen) atoms. The summed E-state index contributed by atoms with van der Waals surface area (Å²) in [6.07, 6.45) is 7.22. The highest BCUT2D eigenvalue weighted by molar-refractivity contribution is 5.80. The van der Waals surface area contributed by atoms with Gasteiger partial charge < -0.3 is 15.1 Å². The number of anilines is 1. The van der Waals surface area contributed by atoms with Crippen molar-refractivity contribution in [1.29, 1.82) is 0 Å². The second kappa shape index (κ2) is 8.47. The van der Waals surface area contributed by atoms with Crippen LogP contribution in [0, 0.1) is 11.8 Å². The van der Waals surface area contributed by atoms with Crippen LogP contribution in [0.5, 0.6) is 0 Å². The molecule has 3 heterocycles. The molecule has 2 aliphatic heterocycles. The first-order chi connectivity index (χ1) is 12.5. The van der Waals surface area contributed by atoms with Gasteiger partial charge in [0.05, 0.1) is 5.92 Å². The minimum atomic E-state index is -0.0288. The van der Waals surface area contributed by atoms with Crippen LogP contribution in [-0.2, 0) is 9.59 Å². The third-order valence-electron chi connectivity index (χ3n) is 5.21. The first-order valence-corrected chi connectivity index (χ1v) is 9.65. The van der Waals surface area contributed by atoms with Gasteiger partial charge in [-0.3, -0.25) is 9.59 Å². The van der Waals surface area contributed by atoms with E-state index >= 15 is 0 Å². The lowest BCUT2D eigenvalue weighted by molar-refractivity contribution is -0.138. The first kappa shape index (κ1) is 18.6. The monoisotopic (exact) mass is 359 g/mol. The van der Waals surface area contributed by atoms with Gasteiger partial charge in [-0.2, -0.15) is 0 Å². The molecule has 0 spiro atoms. The number of nitrogens with one attached hydrogen (secondary N) is 1. The molecule has 2 fully saturated rings. The van der Waals surface area contributed by atoms with Crippen molar-refractivity contribution in [3.05, 3.63) is 18.5 Å². The summed E-state index contributed by atoms with van der Waals surface area (Å²) in [6, 6.07) is 1.87. The zero-order valence-corrected chi connectivity index (χ0v) is 15.7. The van der Waals surface area contributed by atoms with Crippen molar-refractivity contribution in [3.63, 3.8) is 0 Å². The van der Waals surface area contributed by atoms with E-state index in [0.29, 0.717) is 19.0 Å². The number of likely N-dealkylation sites (tertiary alicyclic amines) is 1. The number of amides is 2. The Balaban J connectivity index is 1.58. The van der Waals surface area contributed by atoms with E-state index in [2.05, 4.69) is 20.2 Å². The average Bonchev–Trinajstić information content (AvgIpc) is 2.68. The van der Waals surface area contributed by atoms with Crippen molar-refractivity contribution in [2.24, 2.45) is 11.8 Å². The fourth-order valence-corrected chi connectivity index (χ4v) is 3.74. The summed E-state index contributed by atoms with van der Waals surface area (Å²) >= 11 is 0. The molecule has 0 unspecified atom stereocenters. The molecule has 1 N–H and O–H groups in total. The highest BCUT2D eigenvalue weighted by atomic mass is 16.2. The molecule has 0 aliphatic carbocycles. The third kappa shape index (κ3) is 4.51. The van der Waals surface area contributed by atoms with Gasteiger partial charge >= 0.3 is 0 Å². The smallest absolute Gasteiger partial charge is 0.227 e. The molecule has 142 valence electrons. The number of hydrogen-bond acceptors (Lipinski definition) is 5. The minimum Gasteiger partial charge on any atom is -0.351 e. The Morgan fingerprint density at radius 3 is 2.58 bits per heavy atom. The lowest BCUT2D eigenvalue weighted by atomic mass is 9.95. The predicted octanol–water partition coefficient (Wildman–Crippen LogP) is 1.46. The van der Waals surface area contributed by atoms with Crippen molar-refractivity contribution in [2.45, 2.75) is 45.6 Å². The molecule has 2 amide bonds. The molecule has 7 nitrogen and oxygen atoms in total. The van der Waals surface area contributed by atoms with E-state index in [-0.39, 0.29) is 29.7 Å². The lowest BCUT2D eigenvalue weighted by Gasteiger charge is -2.38. The summed E-state index contributed by atoms with van der Waals surface area (Å²) < 4.78 is 0. The summed E-state index contributed by atoms with van der Waals surface area (Å²) in [4.78, 5) is 37.7. The largest absolute Gasteiger partial charge is 0.351 e. The van der Waals surface area contributed by atoms with E-state index < -0.39 is 0 Å². The first-order valence-electron chi connectivity index (χ1n) is 9.65. The molecule has 0 bridgehead atoms. The number of hydrogen-bond donors (Lipinski definition) is 1.